The quantitative estimate of drug-likeness (QED) is 0.322. The zero-order valence-corrected chi connectivity index (χ0v) is 23.3. The summed E-state index contributed by atoms with van der Waals surface area (Å²) in [4.78, 5) is 25.5. The van der Waals surface area contributed by atoms with Crippen molar-refractivity contribution in [1.82, 2.24) is 10.0 Å². The predicted octanol–water partition coefficient (Wildman–Crippen LogP) is 4.24. The van der Waals surface area contributed by atoms with Crippen molar-refractivity contribution in [1.29, 1.82) is 0 Å². The van der Waals surface area contributed by atoms with E-state index in [-0.39, 0.29) is 17.7 Å². The van der Waals surface area contributed by atoms with E-state index >= 15 is 0 Å². The van der Waals surface area contributed by atoms with Gasteiger partial charge in [-0.1, -0.05) is 84.8 Å². The fourth-order valence-electron chi connectivity index (χ4n) is 4.70. The zero-order chi connectivity index (χ0) is 28.5. The number of carbonyl (C=O) groups is 2. The van der Waals surface area contributed by atoms with Gasteiger partial charge in [-0.2, -0.15) is 4.72 Å². The van der Waals surface area contributed by atoms with Gasteiger partial charge >= 0.3 is 5.97 Å². The van der Waals surface area contributed by atoms with Crippen LogP contribution in [-0.4, -0.2) is 37.5 Å². The largest absolute Gasteiger partial charge is 0.480 e. The van der Waals surface area contributed by atoms with Crippen LogP contribution < -0.4 is 10.0 Å². The number of sulfonamides is 1. The molecule has 1 saturated carbocycles. The highest BCUT2D eigenvalue weighted by molar-refractivity contribution is 7.89. The third-order valence-corrected chi connectivity index (χ3v) is 8.50. The number of hydrogen-bond donors (Lipinski definition) is 3. The van der Waals surface area contributed by atoms with Crippen LogP contribution in [0.15, 0.2) is 83.8 Å². The van der Waals surface area contributed by atoms with Crippen molar-refractivity contribution in [2.24, 2.45) is 5.92 Å². The van der Waals surface area contributed by atoms with Crippen LogP contribution >= 0.6 is 0 Å². The molecule has 8 heteroatoms. The minimum absolute atomic E-state index is 0.0230. The summed E-state index contributed by atoms with van der Waals surface area (Å²) in [5, 5.41) is 12.4. The van der Waals surface area contributed by atoms with Gasteiger partial charge in [-0.05, 0) is 61.6 Å². The van der Waals surface area contributed by atoms with E-state index in [4.69, 9.17) is 0 Å². The number of aliphatic carboxylic acids is 1. The zero-order valence-electron chi connectivity index (χ0n) is 22.5. The third-order valence-electron chi connectivity index (χ3n) is 7.01. The van der Waals surface area contributed by atoms with E-state index in [2.05, 4.69) is 21.9 Å². The second-order valence-corrected chi connectivity index (χ2v) is 11.9. The lowest BCUT2D eigenvalue weighted by Crippen LogP contribution is -2.53. The van der Waals surface area contributed by atoms with Crippen LogP contribution in [0.2, 0.25) is 0 Å². The van der Waals surface area contributed by atoms with E-state index in [1.54, 1.807) is 36.4 Å². The smallest absolute Gasteiger partial charge is 0.326 e. The summed E-state index contributed by atoms with van der Waals surface area (Å²) < 4.78 is 28.7. The van der Waals surface area contributed by atoms with Crippen molar-refractivity contribution < 1.29 is 23.1 Å². The number of carboxylic acids is 1. The number of aryl methyl sites for hydroxylation is 1. The van der Waals surface area contributed by atoms with Crippen LogP contribution in [-0.2, 0) is 32.5 Å². The molecule has 3 N–H and O–H groups in total. The van der Waals surface area contributed by atoms with Crippen molar-refractivity contribution in [3.8, 4) is 11.8 Å². The minimum atomic E-state index is -4.04. The van der Waals surface area contributed by atoms with Crippen molar-refractivity contribution >= 4 is 21.9 Å². The second kappa shape index (κ2) is 13.4. The van der Waals surface area contributed by atoms with Gasteiger partial charge in [0.1, 0.15) is 12.1 Å². The molecule has 0 spiro atoms. The lowest BCUT2D eigenvalue weighted by atomic mass is 10.0. The molecule has 208 valence electrons. The first-order valence-corrected chi connectivity index (χ1v) is 14.9. The molecule has 3 aromatic carbocycles. The molecule has 4 rings (SSSR count). The van der Waals surface area contributed by atoms with Gasteiger partial charge in [0.2, 0.25) is 15.9 Å². The van der Waals surface area contributed by atoms with Gasteiger partial charge in [0, 0.05) is 17.9 Å². The maximum atomic E-state index is 13.4. The fraction of sp³-hybridized carbons (Fsp3) is 0.312. The van der Waals surface area contributed by atoms with E-state index in [1.165, 1.54) is 25.0 Å². The molecule has 0 aromatic heterocycles. The maximum Gasteiger partial charge on any atom is 0.326 e. The molecular formula is C32H34N2O5S. The topological polar surface area (TPSA) is 113 Å². The highest BCUT2D eigenvalue weighted by Crippen LogP contribution is 2.23. The molecule has 1 aliphatic rings. The summed E-state index contributed by atoms with van der Waals surface area (Å²) in [6.45, 7) is 1.85. The van der Waals surface area contributed by atoms with Gasteiger partial charge in [0.15, 0.2) is 0 Å². The van der Waals surface area contributed by atoms with E-state index < -0.39 is 34.0 Å². The third kappa shape index (κ3) is 8.28. The average molecular weight is 559 g/mol. The van der Waals surface area contributed by atoms with E-state index in [0.29, 0.717) is 5.92 Å². The first-order valence-electron chi connectivity index (χ1n) is 13.5. The van der Waals surface area contributed by atoms with Crippen molar-refractivity contribution in [3.05, 3.63) is 101 Å². The monoisotopic (exact) mass is 558 g/mol. The molecule has 7 nitrogen and oxygen atoms in total. The van der Waals surface area contributed by atoms with Gasteiger partial charge in [-0.3, -0.25) is 4.79 Å². The van der Waals surface area contributed by atoms with Gasteiger partial charge < -0.3 is 10.4 Å². The second-order valence-electron chi connectivity index (χ2n) is 10.2. The summed E-state index contributed by atoms with van der Waals surface area (Å²) in [6, 6.07) is 20.1. The van der Waals surface area contributed by atoms with Gasteiger partial charge in [-0.25, -0.2) is 13.2 Å². The van der Waals surface area contributed by atoms with Crippen LogP contribution in [0.3, 0.4) is 0 Å². The molecule has 0 aliphatic heterocycles. The molecule has 2 unspecified atom stereocenters. The minimum Gasteiger partial charge on any atom is -0.480 e. The van der Waals surface area contributed by atoms with Crippen molar-refractivity contribution in [2.45, 2.75) is 62.4 Å². The number of hydrogen-bond acceptors (Lipinski definition) is 4. The SMILES string of the molecule is Cc1ccc(S(=O)(=O)NC(Cc2ccccc2)C(=O)NC(Cc2ccc(C#CC3CCCC3)cc2)C(=O)O)cc1. The number of amides is 1. The summed E-state index contributed by atoms with van der Waals surface area (Å²) >= 11 is 0. The van der Waals surface area contributed by atoms with Gasteiger partial charge in [0.05, 0.1) is 4.90 Å². The molecule has 1 fully saturated rings. The van der Waals surface area contributed by atoms with Crippen LogP contribution in [0.1, 0.15) is 47.9 Å². The standard InChI is InChI=1S/C32H34N2O5S/c1-23-11-19-28(20-12-23)40(38,39)34-29(21-26-9-3-2-4-10-26)31(35)33-30(32(36)37)22-27-17-15-25(16-18-27)14-13-24-7-5-6-8-24/h2-4,9-12,15-20,24,29-30,34H,5-8,21-22H2,1H3,(H,33,35)(H,36,37). The Balaban J connectivity index is 1.48. The summed E-state index contributed by atoms with van der Waals surface area (Å²) in [5.74, 6) is 5.02. The maximum absolute atomic E-state index is 13.4. The molecule has 40 heavy (non-hydrogen) atoms. The Morgan fingerprint density at radius 2 is 1.48 bits per heavy atom. The molecule has 0 heterocycles. The van der Waals surface area contributed by atoms with Gasteiger partial charge in [-0.15, -0.1) is 0 Å². The Hall–Kier alpha value is -3.93. The van der Waals surface area contributed by atoms with Crippen LogP contribution in [0.5, 0.6) is 0 Å². The first kappa shape index (κ1) is 29.1. The molecule has 0 radical (unpaired) electrons. The number of carbonyl (C=O) groups excluding carboxylic acids is 1. The lowest BCUT2D eigenvalue weighted by molar-refractivity contribution is -0.142. The molecule has 1 aliphatic carbocycles. The lowest BCUT2D eigenvalue weighted by Gasteiger charge is -2.22. The Bertz CT molecular complexity index is 1470. The molecule has 2 atom stereocenters. The highest BCUT2D eigenvalue weighted by atomic mass is 32.2. The Morgan fingerprint density at radius 1 is 0.875 bits per heavy atom. The molecular weight excluding hydrogens is 524 g/mol. The average Bonchev–Trinajstić information content (AvgIpc) is 3.46. The Kier molecular flexibility index (Phi) is 9.75. The predicted molar refractivity (Wildman–Crippen MR) is 154 cm³/mol. The molecule has 3 aromatic rings. The number of carboxylic acid groups (broad SMARTS) is 1. The van der Waals surface area contributed by atoms with E-state index in [1.807, 2.05) is 37.3 Å². The Morgan fingerprint density at radius 3 is 2.10 bits per heavy atom. The van der Waals surface area contributed by atoms with Crippen LogP contribution in [0.25, 0.3) is 0 Å². The first-order chi connectivity index (χ1) is 19.2. The summed E-state index contributed by atoms with van der Waals surface area (Å²) in [7, 11) is -4.04. The molecule has 1 amide bonds. The number of benzene rings is 3. The molecule has 0 saturated heterocycles. The summed E-state index contributed by atoms with van der Waals surface area (Å²) in [6.07, 6.45) is 4.81. The van der Waals surface area contributed by atoms with E-state index in [0.717, 1.165) is 35.1 Å². The number of rotatable bonds is 10. The molecule has 0 bridgehead atoms. The van der Waals surface area contributed by atoms with Gasteiger partial charge in [0.25, 0.3) is 0 Å². The van der Waals surface area contributed by atoms with Crippen LogP contribution in [0, 0.1) is 24.7 Å². The summed E-state index contributed by atoms with van der Waals surface area (Å²) in [5.41, 5.74) is 3.21. The van der Waals surface area contributed by atoms with Crippen molar-refractivity contribution in [2.75, 3.05) is 0 Å². The Labute approximate surface area is 236 Å². The fourth-order valence-corrected chi connectivity index (χ4v) is 5.89. The van der Waals surface area contributed by atoms with Crippen LogP contribution in [0.4, 0.5) is 0 Å². The van der Waals surface area contributed by atoms with Crippen molar-refractivity contribution in [3.63, 3.8) is 0 Å². The normalized spacial score (nSPS) is 15.0. The highest BCUT2D eigenvalue weighted by Gasteiger charge is 2.29. The number of nitrogens with one attached hydrogen (secondary N) is 2. The van der Waals surface area contributed by atoms with E-state index in [9.17, 15) is 23.1 Å².